The van der Waals surface area contributed by atoms with E-state index in [1.165, 1.54) is 24.5 Å². The number of fused-ring (bicyclic) bond motifs is 2. The molecule has 2 saturated heterocycles. The minimum absolute atomic E-state index is 0.0287. The van der Waals surface area contributed by atoms with Crippen molar-refractivity contribution < 1.29 is 32.7 Å². The molecule has 2 aromatic carbocycles. The smallest absolute Gasteiger partial charge is 0.264 e. The number of rotatable bonds is 14. The van der Waals surface area contributed by atoms with E-state index < -0.39 is 52.6 Å². The molecule has 3 aliphatic heterocycles. The summed E-state index contributed by atoms with van der Waals surface area (Å²) in [6, 6.07) is 13.7. The molecule has 19 heteroatoms. The van der Waals surface area contributed by atoms with Gasteiger partial charge in [-0.3, -0.25) is 39.4 Å². The van der Waals surface area contributed by atoms with E-state index in [9.17, 15) is 19.2 Å². The number of carbonyl (C=O) groups excluding carboxylic acids is 4. The molecule has 4 amide bonds. The quantitative estimate of drug-likeness (QED) is 0.0859. The zero-order valence-electron chi connectivity index (χ0n) is 34.6. The molecule has 6 aromatic rings. The van der Waals surface area contributed by atoms with Crippen molar-refractivity contribution >= 4 is 52.0 Å². The molecule has 2 fully saturated rings. The third kappa shape index (κ3) is 8.05. The number of imidazole rings is 1. The summed E-state index contributed by atoms with van der Waals surface area (Å²) in [4.78, 5) is 75.8. The standard InChI is InChI=1S/C45H44F2N12O5/c46-29-18-26(19-30(47)39(29)64-17-5-1-3-14-50-31-9-6-8-28-37(31)44(63)59(43(28)62)33-11-12-36(60)56-42(33)61)32-20-27(22-58-25-55-38-40(48)53-24-54-41(38)58)34(21-52-32)57-16-7-13-45(49,23-57)35-10-2-4-15-51-35/h2,4,6,8-10,15,18-21,24-25,33,50H,1,3,5,7,11-14,16-17,22-23,49H2,(H2,48,53,54)(H,56,60,61)/t33?,45-/m0/s1. The predicted octanol–water partition coefficient (Wildman–Crippen LogP) is 4.71. The summed E-state index contributed by atoms with van der Waals surface area (Å²) < 4.78 is 38.7. The highest BCUT2D eigenvalue weighted by Gasteiger charge is 2.45. The second kappa shape index (κ2) is 17.4. The first-order valence-electron chi connectivity index (χ1n) is 21.1. The van der Waals surface area contributed by atoms with Gasteiger partial charge >= 0.3 is 0 Å². The van der Waals surface area contributed by atoms with Gasteiger partial charge in [0.05, 0.1) is 59.4 Å². The number of unbranched alkanes of at least 4 members (excludes halogenated alkanes) is 2. The third-order valence-corrected chi connectivity index (χ3v) is 11.9. The van der Waals surface area contributed by atoms with Gasteiger partial charge in [-0.15, -0.1) is 0 Å². The Morgan fingerprint density at radius 2 is 1.78 bits per heavy atom. The second-order valence-corrected chi connectivity index (χ2v) is 16.2. The maximum Gasteiger partial charge on any atom is 0.264 e. The van der Waals surface area contributed by atoms with Crippen LogP contribution in [0.2, 0.25) is 0 Å². The molecule has 0 bridgehead atoms. The van der Waals surface area contributed by atoms with E-state index in [0.29, 0.717) is 61.4 Å². The molecule has 3 aliphatic rings. The van der Waals surface area contributed by atoms with Crippen LogP contribution in [0.1, 0.15) is 76.9 Å². The summed E-state index contributed by atoms with van der Waals surface area (Å²) in [6.45, 7) is 1.93. The van der Waals surface area contributed by atoms with E-state index >= 15 is 8.78 Å². The number of pyridine rings is 2. The number of carbonyl (C=O) groups is 4. The Kier molecular flexibility index (Phi) is 11.4. The monoisotopic (exact) mass is 870 g/mol. The number of ether oxygens (including phenoxy) is 1. The van der Waals surface area contributed by atoms with E-state index in [1.54, 1.807) is 36.9 Å². The van der Waals surface area contributed by atoms with Gasteiger partial charge in [0.2, 0.25) is 11.8 Å². The Morgan fingerprint density at radius 1 is 0.938 bits per heavy atom. The topological polar surface area (TPSA) is 229 Å². The summed E-state index contributed by atoms with van der Waals surface area (Å²) in [5.41, 5.74) is 17.1. The van der Waals surface area contributed by atoms with Crippen LogP contribution in [0.5, 0.6) is 5.75 Å². The molecular weight excluding hydrogens is 827 g/mol. The molecule has 0 spiro atoms. The first-order chi connectivity index (χ1) is 31.0. The number of halogens is 2. The van der Waals surface area contributed by atoms with Crippen molar-refractivity contribution in [2.24, 2.45) is 5.73 Å². The average Bonchev–Trinajstić information content (AvgIpc) is 3.82. The molecule has 2 atom stereocenters. The molecule has 1 unspecified atom stereocenters. The van der Waals surface area contributed by atoms with Gasteiger partial charge < -0.3 is 31.0 Å². The fourth-order valence-electron chi connectivity index (χ4n) is 8.72. The van der Waals surface area contributed by atoms with Crippen LogP contribution in [-0.4, -0.2) is 90.3 Å². The van der Waals surface area contributed by atoms with Crippen molar-refractivity contribution in [3.63, 3.8) is 0 Å². The molecule has 328 valence electrons. The molecule has 6 N–H and O–H groups in total. The summed E-state index contributed by atoms with van der Waals surface area (Å²) in [7, 11) is 0. The number of nitrogens with two attached hydrogens (primary N) is 2. The highest BCUT2D eigenvalue weighted by Crippen LogP contribution is 2.36. The maximum absolute atomic E-state index is 15.6. The van der Waals surface area contributed by atoms with Crippen molar-refractivity contribution in [1.82, 2.24) is 39.7 Å². The number of piperidine rings is 2. The summed E-state index contributed by atoms with van der Waals surface area (Å²) in [5, 5.41) is 5.39. The van der Waals surface area contributed by atoms with Crippen molar-refractivity contribution in [1.29, 1.82) is 0 Å². The zero-order valence-corrected chi connectivity index (χ0v) is 34.6. The Balaban J connectivity index is 0.851. The Morgan fingerprint density at radius 3 is 2.58 bits per heavy atom. The number of benzene rings is 2. The van der Waals surface area contributed by atoms with Gasteiger partial charge in [0, 0.05) is 43.5 Å². The lowest BCUT2D eigenvalue weighted by atomic mass is 9.86. The lowest BCUT2D eigenvalue weighted by Gasteiger charge is -2.41. The first kappa shape index (κ1) is 41.9. The number of nitrogen functional groups attached to an aromatic ring is 1. The fraction of sp³-hybridized carbons (Fsp3) is 0.311. The summed E-state index contributed by atoms with van der Waals surface area (Å²) >= 11 is 0. The average molecular weight is 871 g/mol. The van der Waals surface area contributed by atoms with Crippen molar-refractivity contribution in [2.45, 2.75) is 63.1 Å². The van der Waals surface area contributed by atoms with E-state index in [0.717, 1.165) is 34.7 Å². The third-order valence-electron chi connectivity index (χ3n) is 11.9. The van der Waals surface area contributed by atoms with Crippen LogP contribution in [0.4, 0.5) is 26.0 Å². The van der Waals surface area contributed by atoms with Crippen LogP contribution < -0.4 is 31.7 Å². The number of anilines is 3. The normalized spacial score (nSPS) is 18.7. The SMILES string of the molecule is Nc1ncnc2c1ncn2Cc1cc(-c2cc(F)c(OCCCCCNc3cccc4c3C(=O)N(C3CCC(=O)NC3=O)C4=O)c(F)c2)ncc1N1CCC[C@@](N)(c2ccccn2)C1. The predicted molar refractivity (Wildman–Crippen MR) is 231 cm³/mol. The number of aromatic nitrogens is 6. The summed E-state index contributed by atoms with van der Waals surface area (Å²) in [5.74, 6) is -4.31. The number of imide groups is 2. The number of nitrogens with zero attached hydrogens (tertiary/aromatic N) is 8. The van der Waals surface area contributed by atoms with Gasteiger partial charge in [0.1, 0.15) is 17.9 Å². The number of hydrogen-bond donors (Lipinski definition) is 4. The van der Waals surface area contributed by atoms with Crippen molar-refractivity contribution in [3.8, 4) is 17.0 Å². The molecule has 9 rings (SSSR count). The van der Waals surface area contributed by atoms with E-state index in [4.69, 9.17) is 21.2 Å². The number of amides is 4. The molecule has 7 heterocycles. The molecule has 0 saturated carbocycles. The Labute approximate surface area is 365 Å². The van der Waals surface area contributed by atoms with Crippen LogP contribution in [0.15, 0.2) is 79.6 Å². The first-order valence-corrected chi connectivity index (χ1v) is 21.1. The highest BCUT2D eigenvalue weighted by atomic mass is 19.1. The van der Waals surface area contributed by atoms with Gasteiger partial charge in [0.25, 0.3) is 11.8 Å². The minimum Gasteiger partial charge on any atom is -0.488 e. The second-order valence-electron chi connectivity index (χ2n) is 16.2. The van der Waals surface area contributed by atoms with Gasteiger partial charge in [-0.25, -0.2) is 23.7 Å². The van der Waals surface area contributed by atoms with Gasteiger partial charge in [0.15, 0.2) is 28.8 Å². The number of hydrogen-bond acceptors (Lipinski definition) is 14. The lowest BCUT2D eigenvalue weighted by Crippen LogP contribution is -2.54. The van der Waals surface area contributed by atoms with Crippen LogP contribution in [-0.2, 0) is 21.7 Å². The van der Waals surface area contributed by atoms with E-state index in [2.05, 4.69) is 35.5 Å². The van der Waals surface area contributed by atoms with Crippen molar-refractivity contribution in [2.75, 3.05) is 42.2 Å². The molecule has 0 radical (unpaired) electrons. The van der Waals surface area contributed by atoms with E-state index in [-0.39, 0.29) is 48.5 Å². The van der Waals surface area contributed by atoms with Gasteiger partial charge in [-0.2, -0.15) is 0 Å². The zero-order chi connectivity index (χ0) is 44.5. The maximum atomic E-state index is 15.6. The van der Waals surface area contributed by atoms with Gasteiger partial charge in [-0.05, 0) is 86.6 Å². The summed E-state index contributed by atoms with van der Waals surface area (Å²) in [6.07, 6.45) is 9.77. The minimum atomic E-state index is -1.06. The van der Waals surface area contributed by atoms with Crippen molar-refractivity contribution in [3.05, 3.63) is 114 Å². The molecule has 4 aromatic heterocycles. The molecular formula is C45H44F2N12O5. The lowest BCUT2D eigenvalue weighted by molar-refractivity contribution is -0.136. The largest absolute Gasteiger partial charge is 0.488 e. The van der Waals surface area contributed by atoms with Gasteiger partial charge in [-0.1, -0.05) is 12.1 Å². The molecule has 17 nitrogen and oxygen atoms in total. The van der Waals surface area contributed by atoms with Crippen LogP contribution in [0, 0.1) is 11.6 Å². The highest BCUT2D eigenvalue weighted by molar-refractivity contribution is 6.25. The number of nitrogens with one attached hydrogen (secondary N) is 2. The van der Waals surface area contributed by atoms with Crippen LogP contribution >= 0.6 is 0 Å². The van der Waals surface area contributed by atoms with Crippen LogP contribution in [0.3, 0.4) is 0 Å². The van der Waals surface area contributed by atoms with Crippen LogP contribution in [0.25, 0.3) is 22.4 Å². The molecule has 64 heavy (non-hydrogen) atoms. The Hall–Kier alpha value is -7.41. The fourth-order valence-corrected chi connectivity index (χ4v) is 8.72. The molecule has 0 aliphatic carbocycles. The Bertz CT molecular complexity index is 2780. The van der Waals surface area contributed by atoms with E-state index in [1.807, 2.05) is 22.8 Å².